The standard InChI is InChI=1S/C25H33ClI3N3O9/c1-24(2)38-7-11(13(33)9-40-24)30-22(36)16-18(27)17(20(29)21(19(16)28)32(5)15(35)6-26)23(37)31-12-8-39-25(3,4)41-10-14(12)34/h11-14,33-34H,6-10H2,1-5H3,(H,30,36)(H,31,37). The van der Waals surface area contributed by atoms with Gasteiger partial charge < -0.3 is 44.7 Å². The fourth-order valence-corrected chi connectivity index (χ4v) is 9.05. The third-order valence-corrected chi connectivity index (χ3v) is 9.97. The topological polar surface area (TPSA) is 156 Å². The van der Waals surface area contributed by atoms with Crippen LogP contribution in [-0.4, -0.2) is 103 Å². The normalized spacial score (nSPS) is 25.9. The summed E-state index contributed by atoms with van der Waals surface area (Å²) < 4.78 is 23.6. The van der Waals surface area contributed by atoms with E-state index in [4.69, 9.17) is 30.5 Å². The van der Waals surface area contributed by atoms with Crippen LogP contribution in [0, 0.1) is 10.7 Å². The fourth-order valence-electron chi connectivity index (χ4n) is 4.01. The zero-order valence-electron chi connectivity index (χ0n) is 23.1. The highest BCUT2D eigenvalue weighted by atomic mass is 127. The van der Waals surface area contributed by atoms with Crippen LogP contribution in [0.1, 0.15) is 48.4 Å². The van der Waals surface area contributed by atoms with Gasteiger partial charge in [-0.3, -0.25) is 14.4 Å². The number of hydrogen-bond donors (Lipinski definition) is 4. The second-order valence-corrected chi connectivity index (χ2v) is 14.0. The molecule has 230 valence electrons. The molecule has 3 rings (SSSR count). The molecule has 2 aliphatic rings. The van der Waals surface area contributed by atoms with Crippen molar-refractivity contribution in [2.75, 3.05) is 44.3 Å². The molecular formula is C25H33ClI3N3O9. The zero-order chi connectivity index (χ0) is 30.9. The molecule has 0 radical (unpaired) electrons. The average Bonchev–Trinajstić information content (AvgIpc) is 3.10. The number of carbonyl (C=O) groups excluding carboxylic acids is 3. The first kappa shape index (κ1) is 35.4. The van der Waals surface area contributed by atoms with Crippen LogP contribution in [-0.2, 0) is 23.7 Å². The third kappa shape index (κ3) is 8.53. The summed E-state index contributed by atoms with van der Waals surface area (Å²) in [5.74, 6) is -3.82. The van der Waals surface area contributed by atoms with Crippen molar-refractivity contribution in [2.24, 2.45) is 0 Å². The molecule has 4 N–H and O–H groups in total. The third-order valence-electron chi connectivity index (χ3n) is 6.56. The van der Waals surface area contributed by atoms with Crippen molar-refractivity contribution < 1.29 is 43.5 Å². The van der Waals surface area contributed by atoms with Gasteiger partial charge in [-0.05, 0) is 95.5 Å². The van der Waals surface area contributed by atoms with Gasteiger partial charge in [-0.1, -0.05) is 0 Å². The quantitative estimate of drug-likeness (QED) is 0.249. The van der Waals surface area contributed by atoms with Crippen molar-refractivity contribution in [3.63, 3.8) is 0 Å². The molecule has 16 heteroatoms. The summed E-state index contributed by atoms with van der Waals surface area (Å²) in [4.78, 5) is 41.5. The number of alkyl halides is 1. The monoisotopic (exact) mass is 935 g/mol. The Morgan fingerprint density at radius 1 is 0.805 bits per heavy atom. The summed E-state index contributed by atoms with van der Waals surface area (Å²) >= 11 is 11.7. The lowest BCUT2D eigenvalue weighted by Gasteiger charge is -2.27. The first-order valence-electron chi connectivity index (χ1n) is 12.6. The van der Waals surface area contributed by atoms with Gasteiger partial charge >= 0.3 is 0 Å². The molecule has 0 bridgehead atoms. The number of amides is 3. The second-order valence-electron chi connectivity index (χ2n) is 10.5. The number of rotatable bonds is 6. The Bertz CT molecular complexity index is 1110. The van der Waals surface area contributed by atoms with Crippen molar-refractivity contribution in [3.05, 3.63) is 21.8 Å². The molecule has 0 saturated carbocycles. The Kier molecular flexibility index (Phi) is 12.3. The minimum atomic E-state index is -1.05. The summed E-state index contributed by atoms with van der Waals surface area (Å²) in [6, 6.07) is -1.61. The van der Waals surface area contributed by atoms with Crippen molar-refractivity contribution in [1.82, 2.24) is 10.6 Å². The summed E-state index contributed by atoms with van der Waals surface area (Å²) in [5.41, 5.74) is 0.566. The summed E-state index contributed by atoms with van der Waals surface area (Å²) in [5, 5.41) is 26.8. The van der Waals surface area contributed by atoms with E-state index in [9.17, 15) is 24.6 Å². The van der Waals surface area contributed by atoms with Crippen LogP contribution in [0.3, 0.4) is 0 Å². The van der Waals surface area contributed by atoms with E-state index in [2.05, 4.69) is 10.6 Å². The van der Waals surface area contributed by atoms with Crippen molar-refractivity contribution in [2.45, 2.75) is 63.6 Å². The number of carbonyl (C=O) groups is 3. The molecule has 4 unspecified atom stereocenters. The van der Waals surface area contributed by atoms with Gasteiger partial charge in [0, 0.05) is 10.6 Å². The highest BCUT2D eigenvalue weighted by molar-refractivity contribution is 14.1. The molecule has 12 nitrogen and oxygen atoms in total. The maximum absolute atomic E-state index is 13.8. The molecule has 0 aromatic heterocycles. The lowest BCUT2D eigenvalue weighted by molar-refractivity contribution is -0.204. The van der Waals surface area contributed by atoms with E-state index in [-0.39, 0.29) is 43.4 Å². The summed E-state index contributed by atoms with van der Waals surface area (Å²) in [6.45, 7) is 6.69. The second kappa shape index (κ2) is 14.3. The van der Waals surface area contributed by atoms with Gasteiger partial charge in [0.1, 0.15) is 5.88 Å². The molecule has 0 spiro atoms. The number of hydrogen-bond acceptors (Lipinski definition) is 9. The largest absolute Gasteiger partial charge is 0.388 e. The van der Waals surface area contributed by atoms with Gasteiger partial charge in [0.05, 0.1) is 74.7 Å². The number of ether oxygens (including phenoxy) is 4. The molecule has 2 heterocycles. The van der Waals surface area contributed by atoms with E-state index < -0.39 is 53.6 Å². The highest BCUT2D eigenvalue weighted by Gasteiger charge is 2.37. The smallest absolute Gasteiger partial charge is 0.253 e. The molecule has 1 aromatic carbocycles. The molecule has 2 fully saturated rings. The van der Waals surface area contributed by atoms with Gasteiger partial charge in [0.2, 0.25) is 5.91 Å². The van der Waals surface area contributed by atoms with E-state index in [1.54, 1.807) is 27.7 Å². The maximum atomic E-state index is 13.8. The Balaban J connectivity index is 2.05. The lowest BCUT2D eigenvalue weighted by Crippen LogP contribution is -2.48. The average molecular weight is 936 g/mol. The Morgan fingerprint density at radius 3 is 1.54 bits per heavy atom. The van der Waals surface area contributed by atoms with Gasteiger partial charge in [-0.2, -0.15) is 0 Å². The molecule has 3 amide bonds. The minimum Gasteiger partial charge on any atom is -0.388 e. The highest BCUT2D eigenvalue weighted by Crippen LogP contribution is 2.38. The molecule has 2 saturated heterocycles. The fraction of sp³-hybridized carbons (Fsp3) is 0.640. The molecule has 2 aliphatic heterocycles. The molecule has 1 aromatic rings. The molecule has 0 aliphatic carbocycles. The number of halogens is 4. The predicted octanol–water partition coefficient (Wildman–Crippen LogP) is 2.19. The van der Waals surface area contributed by atoms with Crippen molar-refractivity contribution in [3.8, 4) is 0 Å². The van der Waals surface area contributed by atoms with Gasteiger partial charge in [-0.25, -0.2) is 0 Å². The van der Waals surface area contributed by atoms with Gasteiger partial charge in [0.15, 0.2) is 11.6 Å². The number of nitrogens with one attached hydrogen (secondary N) is 2. The van der Waals surface area contributed by atoms with Crippen LogP contribution in [0.25, 0.3) is 0 Å². The summed E-state index contributed by atoms with van der Waals surface area (Å²) in [7, 11) is 1.51. The van der Waals surface area contributed by atoms with E-state index in [1.807, 2.05) is 67.8 Å². The Hall–Kier alpha value is -0.130. The number of anilines is 1. The minimum absolute atomic E-state index is 0.0136. The molecule has 41 heavy (non-hydrogen) atoms. The predicted molar refractivity (Wildman–Crippen MR) is 175 cm³/mol. The number of aliphatic hydroxyl groups excluding tert-OH is 2. The van der Waals surface area contributed by atoms with E-state index in [1.165, 1.54) is 11.9 Å². The number of aliphatic hydroxyl groups is 2. The van der Waals surface area contributed by atoms with Crippen LogP contribution in [0.15, 0.2) is 0 Å². The van der Waals surface area contributed by atoms with Gasteiger partial charge in [0.25, 0.3) is 11.8 Å². The van der Waals surface area contributed by atoms with E-state index in [0.717, 1.165) is 0 Å². The van der Waals surface area contributed by atoms with E-state index >= 15 is 0 Å². The van der Waals surface area contributed by atoms with Gasteiger partial charge in [-0.15, -0.1) is 11.6 Å². The SMILES string of the molecule is CN(C(=O)CCl)c1c(I)c(C(=O)NC2COC(C)(C)OCC2O)c(I)c(C(=O)NC2COC(C)(C)OCC2O)c1I. The van der Waals surface area contributed by atoms with Crippen LogP contribution in [0.2, 0.25) is 0 Å². The lowest BCUT2D eigenvalue weighted by atomic mass is 10.0. The van der Waals surface area contributed by atoms with Crippen molar-refractivity contribution >= 4 is 103 Å². The van der Waals surface area contributed by atoms with Crippen LogP contribution in [0.5, 0.6) is 0 Å². The maximum Gasteiger partial charge on any atom is 0.253 e. The zero-order valence-corrected chi connectivity index (χ0v) is 30.3. The van der Waals surface area contributed by atoms with E-state index in [0.29, 0.717) is 16.4 Å². The summed E-state index contributed by atoms with van der Waals surface area (Å²) in [6.07, 6.45) is -2.10. The van der Waals surface area contributed by atoms with Crippen molar-refractivity contribution in [1.29, 1.82) is 0 Å². The van der Waals surface area contributed by atoms with Crippen LogP contribution in [0.4, 0.5) is 5.69 Å². The Labute approximate surface area is 284 Å². The first-order valence-corrected chi connectivity index (χ1v) is 16.3. The van der Waals surface area contributed by atoms with Crippen LogP contribution < -0.4 is 15.5 Å². The number of benzene rings is 1. The molecule has 4 atom stereocenters. The van der Waals surface area contributed by atoms with Crippen LogP contribution >= 0.6 is 79.4 Å². The number of nitrogens with zero attached hydrogens (tertiary/aromatic N) is 1. The molecular weight excluding hydrogens is 902 g/mol. The first-order chi connectivity index (χ1) is 19.0. The Morgan fingerprint density at radius 2 is 1.17 bits per heavy atom.